The van der Waals surface area contributed by atoms with Crippen LogP contribution in [0.3, 0.4) is 0 Å². The molecule has 6 heteroatoms. The molecule has 0 N–H and O–H groups in total. The Kier molecular flexibility index (Phi) is 5.27. The first-order chi connectivity index (χ1) is 11.7. The second-order valence-corrected chi connectivity index (χ2v) is 6.24. The summed E-state index contributed by atoms with van der Waals surface area (Å²) < 4.78 is 13.0. The zero-order valence-corrected chi connectivity index (χ0v) is 14.9. The zero-order valence-electron chi connectivity index (χ0n) is 14.1. The molecular weight excluding hydrogens is 322 g/mol. The lowest BCUT2D eigenvalue weighted by Gasteiger charge is -2.13. The number of hydrogen-bond donors (Lipinski definition) is 0. The maximum absolute atomic E-state index is 5.65. The molecule has 2 aromatic heterocycles. The maximum atomic E-state index is 5.65. The van der Waals surface area contributed by atoms with Crippen molar-refractivity contribution in [3.05, 3.63) is 53.6 Å². The molecule has 0 bridgehead atoms. The van der Waals surface area contributed by atoms with Crippen molar-refractivity contribution in [1.82, 2.24) is 14.5 Å². The van der Waals surface area contributed by atoms with Crippen molar-refractivity contribution < 1.29 is 9.47 Å². The first-order valence-corrected chi connectivity index (χ1v) is 8.80. The number of methoxy groups -OCH3 is 1. The number of imidazole rings is 1. The molecule has 0 amide bonds. The van der Waals surface area contributed by atoms with Crippen molar-refractivity contribution in [2.24, 2.45) is 0 Å². The van der Waals surface area contributed by atoms with Gasteiger partial charge in [0.1, 0.15) is 22.7 Å². The molecule has 1 unspecified atom stereocenters. The third kappa shape index (κ3) is 3.66. The molecule has 0 radical (unpaired) electrons. The van der Waals surface area contributed by atoms with Crippen LogP contribution in [0.5, 0.6) is 5.75 Å². The van der Waals surface area contributed by atoms with Gasteiger partial charge in [0.15, 0.2) is 0 Å². The maximum Gasteiger partial charge on any atom is 0.137 e. The van der Waals surface area contributed by atoms with Gasteiger partial charge < -0.3 is 14.0 Å². The fourth-order valence-corrected chi connectivity index (χ4v) is 3.39. The van der Waals surface area contributed by atoms with Gasteiger partial charge in [-0.15, -0.1) is 11.3 Å². The van der Waals surface area contributed by atoms with Crippen LogP contribution in [-0.4, -0.2) is 28.3 Å². The summed E-state index contributed by atoms with van der Waals surface area (Å²) in [6.45, 7) is 5.37. The van der Waals surface area contributed by atoms with Crippen molar-refractivity contribution in [1.29, 1.82) is 0 Å². The van der Waals surface area contributed by atoms with Crippen LogP contribution in [-0.2, 0) is 11.3 Å². The Bertz CT molecular complexity index is 797. The number of nitrogens with zero attached hydrogens (tertiary/aromatic N) is 3. The summed E-state index contributed by atoms with van der Waals surface area (Å²) in [5.74, 6) is 1.76. The molecule has 24 heavy (non-hydrogen) atoms. The number of rotatable bonds is 7. The molecule has 3 aromatic rings. The zero-order chi connectivity index (χ0) is 16.9. The van der Waals surface area contributed by atoms with E-state index >= 15 is 0 Å². The Morgan fingerprint density at radius 2 is 2.21 bits per heavy atom. The van der Waals surface area contributed by atoms with E-state index in [-0.39, 0.29) is 6.10 Å². The van der Waals surface area contributed by atoms with Crippen LogP contribution >= 0.6 is 11.3 Å². The van der Waals surface area contributed by atoms with Gasteiger partial charge in [0, 0.05) is 29.9 Å². The van der Waals surface area contributed by atoms with E-state index in [4.69, 9.17) is 14.5 Å². The van der Waals surface area contributed by atoms with Gasteiger partial charge in [-0.05, 0) is 26.0 Å². The fraction of sp³-hybridized carbons (Fsp3) is 0.333. The molecular formula is C18H21N3O2S. The quantitative estimate of drug-likeness (QED) is 0.646. The minimum Gasteiger partial charge on any atom is -0.497 e. The summed E-state index contributed by atoms with van der Waals surface area (Å²) in [5.41, 5.74) is 2.08. The summed E-state index contributed by atoms with van der Waals surface area (Å²) in [6, 6.07) is 7.96. The third-order valence-electron chi connectivity index (χ3n) is 3.73. The molecule has 126 valence electrons. The predicted molar refractivity (Wildman–Crippen MR) is 95.5 cm³/mol. The van der Waals surface area contributed by atoms with Gasteiger partial charge in [-0.3, -0.25) is 0 Å². The van der Waals surface area contributed by atoms with Crippen LogP contribution in [0.1, 0.15) is 31.5 Å². The highest BCUT2D eigenvalue weighted by Crippen LogP contribution is 2.27. The number of thiazole rings is 1. The average Bonchev–Trinajstić information content (AvgIpc) is 3.25. The second kappa shape index (κ2) is 7.59. The molecule has 1 atom stereocenters. The number of benzene rings is 1. The van der Waals surface area contributed by atoms with E-state index in [9.17, 15) is 0 Å². The van der Waals surface area contributed by atoms with Gasteiger partial charge in [-0.2, -0.15) is 0 Å². The Labute approximate surface area is 145 Å². The Morgan fingerprint density at radius 3 is 3.00 bits per heavy atom. The summed E-state index contributed by atoms with van der Waals surface area (Å²) in [6.07, 6.45) is 3.75. The van der Waals surface area contributed by atoms with E-state index in [1.54, 1.807) is 24.6 Å². The van der Waals surface area contributed by atoms with E-state index in [1.807, 2.05) is 44.3 Å². The van der Waals surface area contributed by atoms with Crippen molar-refractivity contribution in [3.63, 3.8) is 0 Å². The SMILES string of the molecule is CCOC(C)c1nccn1Cc1csc(-c2cccc(OC)c2)n1. The van der Waals surface area contributed by atoms with E-state index in [2.05, 4.69) is 14.9 Å². The Morgan fingerprint density at radius 1 is 1.33 bits per heavy atom. The van der Waals surface area contributed by atoms with Crippen LogP contribution < -0.4 is 4.74 Å². The molecule has 0 aliphatic carbocycles. The molecule has 3 rings (SSSR count). The Hall–Kier alpha value is -2.18. The summed E-state index contributed by atoms with van der Waals surface area (Å²) in [5, 5.41) is 3.08. The standard InChI is InChI=1S/C18H21N3O2S/c1-4-23-13(2)17-19-8-9-21(17)11-15-12-24-18(20-15)14-6-5-7-16(10-14)22-3/h5-10,12-13H,4,11H2,1-3H3. The second-order valence-electron chi connectivity index (χ2n) is 5.39. The summed E-state index contributed by atoms with van der Waals surface area (Å²) >= 11 is 1.64. The lowest BCUT2D eigenvalue weighted by atomic mass is 10.2. The van der Waals surface area contributed by atoms with Gasteiger partial charge in [0.25, 0.3) is 0 Å². The van der Waals surface area contributed by atoms with E-state index in [0.29, 0.717) is 13.2 Å². The molecule has 0 aliphatic rings. The predicted octanol–water partition coefficient (Wildman–Crippen LogP) is 4.16. The lowest BCUT2D eigenvalue weighted by molar-refractivity contribution is 0.0677. The highest BCUT2D eigenvalue weighted by Gasteiger charge is 2.13. The van der Waals surface area contributed by atoms with Crippen molar-refractivity contribution in [3.8, 4) is 16.3 Å². The minimum absolute atomic E-state index is 0.0264. The monoisotopic (exact) mass is 343 g/mol. The minimum atomic E-state index is -0.0264. The Balaban J connectivity index is 1.78. The van der Waals surface area contributed by atoms with Gasteiger partial charge >= 0.3 is 0 Å². The summed E-state index contributed by atoms with van der Waals surface area (Å²) in [4.78, 5) is 9.17. The first-order valence-electron chi connectivity index (χ1n) is 7.92. The highest BCUT2D eigenvalue weighted by atomic mass is 32.1. The normalized spacial score (nSPS) is 12.3. The topological polar surface area (TPSA) is 49.2 Å². The van der Waals surface area contributed by atoms with Crippen LogP contribution in [0.2, 0.25) is 0 Å². The molecule has 0 aliphatic heterocycles. The summed E-state index contributed by atoms with van der Waals surface area (Å²) in [7, 11) is 1.67. The molecule has 0 spiro atoms. The first kappa shape index (κ1) is 16.7. The largest absolute Gasteiger partial charge is 0.497 e. The number of hydrogen-bond acceptors (Lipinski definition) is 5. The molecule has 5 nitrogen and oxygen atoms in total. The molecule has 0 saturated carbocycles. The molecule has 0 saturated heterocycles. The van der Waals surface area contributed by atoms with Gasteiger partial charge in [0.2, 0.25) is 0 Å². The van der Waals surface area contributed by atoms with E-state index < -0.39 is 0 Å². The molecule has 1 aromatic carbocycles. The van der Waals surface area contributed by atoms with Crippen LogP contribution in [0.4, 0.5) is 0 Å². The average molecular weight is 343 g/mol. The van der Waals surface area contributed by atoms with Crippen molar-refractivity contribution in [2.45, 2.75) is 26.5 Å². The molecule has 0 fully saturated rings. The van der Waals surface area contributed by atoms with E-state index in [1.165, 1.54) is 0 Å². The highest BCUT2D eigenvalue weighted by molar-refractivity contribution is 7.13. The van der Waals surface area contributed by atoms with Gasteiger partial charge in [-0.25, -0.2) is 9.97 Å². The van der Waals surface area contributed by atoms with E-state index in [0.717, 1.165) is 27.8 Å². The van der Waals surface area contributed by atoms with Crippen LogP contribution in [0.15, 0.2) is 42.0 Å². The van der Waals surface area contributed by atoms with Crippen molar-refractivity contribution >= 4 is 11.3 Å². The third-order valence-corrected chi connectivity index (χ3v) is 4.67. The number of ether oxygens (including phenoxy) is 2. The fourth-order valence-electron chi connectivity index (χ4n) is 2.58. The smallest absolute Gasteiger partial charge is 0.137 e. The molecule has 2 heterocycles. The van der Waals surface area contributed by atoms with Crippen LogP contribution in [0.25, 0.3) is 10.6 Å². The van der Waals surface area contributed by atoms with Gasteiger partial charge in [-0.1, -0.05) is 12.1 Å². The lowest BCUT2D eigenvalue weighted by Crippen LogP contribution is -2.10. The van der Waals surface area contributed by atoms with Crippen LogP contribution in [0, 0.1) is 0 Å². The number of aromatic nitrogens is 3. The van der Waals surface area contributed by atoms with Crippen molar-refractivity contribution in [2.75, 3.05) is 13.7 Å². The van der Waals surface area contributed by atoms with Gasteiger partial charge in [0.05, 0.1) is 19.3 Å².